The van der Waals surface area contributed by atoms with Crippen LogP contribution in [0, 0.1) is 12.8 Å². The van der Waals surface area contributed by atoms with Gasteiger partial charge in [0.05, 0.1) is 11.3 Å². The second-order valence-electron chi connectivity index (χ2n) is 8.62. The number of nitrogens with one attached hydrogen (secondary N) is 2. The number of aryl methyl sites for hydroxylation is 1. The molecule has 2 N–H and O–H groups in total. The Morgan fingerprint density at radius 1 is 1.09 bits per heavy atom. The zero-order valence-electron chi connectivity index (χ0n) is 18.3. The van der Waals surface area contributed by atoms with Gasteiger partial charge in [0.2, 0.25) is 23.6 Å². The number of benzene rings is 2. The van der Waals surface area contributed by atoms with Gasteiger partial charge in [0, 0.05) is 30.8 Å². The highest BCUT2D eigenvalue weighted by atomic mass is 16.2. The number of piperidine rings is 1. The summed E-state index contributed by atoms with van der Waals surface area (Å²) in [5.74, 6) is -1.21. The number of carbonyl (C=O) groups excluding carboxylic acids is 4. The number of imide groups is 1. The molecule has 0 spiro atoms. The molecule has 2 unspecified atom stereocenters. The molecule has 2 saturated heterocycles. The molecule has 0 radical (unpaired) electrons. The first-order valence-electron chi connectivity index (χ1n) is 10.9. The molecule has 0 aromatic heterocycles. The summed E-state index contributed by atoms with van der Waals surface area (Å²) in [6.45, 7) is 4.26. The molecular formula is C25H27N3O4. The van der Waals surface area contributed by atoms with E-state index in [1.807, 2.05) is 50.2 Å². The van der Waals surface area contributed by atoms with Crippen LogP contribution in [0.25, 0.3) is 0 Å². The average molecular weight is 434 g/mol. The van der Waals surface area contributed by atoms with Gasteiger partial charge < -0.3 is 10.2 Å². The predicted octanol–water partition coefficient (Wildman–Crippen LogP) is 3.07. The minimum Gasteiger partial charge on any atom is -0.326 e. The second-order valence-corrected chi connectivity index (χ2v) is 8.62. The van der Waals surface area contributed by atoms with E-state index in [4.69, 9.17) is 0 Å². The first-order valence-corrected chi connectivity index (χ1v) is 10.9. The molecule has 2 aliphatic heterocycles. The molecule has 4 amide bonds. The van der Waals surface area contributed by atoms with Gasteiger partial charge in [-0.3, -0.25) is 24.5 Å². The summed E-state index contributed by atoms with van der Waals surface area (Å²) in [5.41, 5.74) is 2.61. The molecule has 32 heavy (non-hydrogen) atoms. The predicted molar refractivity (Wildman–Crippen MR) is 121 cm³/mol. The van der Waals surface area contributed by atoms with E-state index in [1.165, 1.54) is 0 Å². The Kier molecular flexibility index (Phi) is 5.82. The molecule has 7 nitrogen and oxygen atoms in total. The van der Waals surface area contributed by atoms with Gasteiger partial charge in [-0.15, -0.1) is 0 Å². The molecule has 2 atom stereocenters. The van der Waals surface area contributed by atoms with Crippen molar-refractivity contribution in [2.45, 2.75) is 44.9 Å². The van der Waals surface area contributed by atoms with Crippen LogP contribution in [0.4, 0.5) is 11.4 Å². The number of hydrogen-bond acceptors (Lipinski definition) is 4. The van der Waals surface area contributed by atoms with Crippen molar-refractivity contribution in [1.29, 1.82) is 0 Å². The fraction of sp³-hybridized carbons (Fsp3) is 0.360. The van der Waals surface area contributed by atoms with Crippen LogP contribution in [0.2, 0.25) is 0 Å². The normalized spacial score (nSPS) is 23.2. The lowest BCUT2D eigenvalue weighted by atomic mass is 9.72. The van der Waals surface area contributed by atoms with Gasteiger partial charge in [-0.05, 0) is 49.6 Å². The molecule has 2 aliphatic rings. The summed E-state index contributed by atoms with van der Waals surface area (Å²) >= 11 is 0. The maximum Gasteiger partial charge on any atom is 0.237 e. The molecule has 2 fully saturated rings. The Balaban J connectivity index is 1.43. The van der Waals surface area contributed by atoms with Gasteiger partial charge in [-0.2, -0.15) is 0 Å². The highest BCUT2D eigenvalue weighted by Gasteiger charge is 2.42. The van der Waals surface area contributed by atoms with Gasteiger partial charge >= 0.3 is 0 Å². The molecule has 2 aromatic rings. The third-order valence-corrected chi connectivity index (χ3v) is 6.62. The standard InChI is InChI=1S/C25H27N3O4/c1-3-25(13-12-21(29)27-24(25)32)18-6-8-19(9-7-18)26-23(31)17-14-22(30)28(15-17)20-10-4-16(2)5-11-20/h4-11,17H,3,12-15H2,1-2H3,(H,26,31)(H,27,29,32). The molecule has 7 heteroatoms. The van der Waals surface area contributed by atoms with Crippen molar-refractivity contribution in [1.82, 2.24) is 5.32 Å². The van der Waals surface area contributed by atoms with Gasteiger partial charge in [-0.1, -0.05) is 36.8 Å². The first-order chi connectivity index (χ1) is 15.3. The number of anilines is 2. The topological polar surface area (TPSA) is 95.6 Å². The Labute approximate surface area is 187 Å². The quantitative estimate of drug-likeness (QED) is 0.709. The molecule has 2 aromatic carbocycles. The first kappa shape index (κ1) is 21.7. The lowest BCUT2D eigenvalue weighted by Gasteiger charge is -2.35. The van der Waals surface area contributed by atoms with Crippen LogP contribution in [-0.4, -0.2) is 30.2 Å². The summed E-state index contributed by atoms with van der Waals surface area (Å²) in [6.07, 6.45) is 1.53. The van der Waals surface area contributed by atoms with Crippen LogP contribution in [0.1, 0.15) is 43.7 Å². The van der Waals surface area contributed by atoms with Crippen LogP contribution >= 0.6 is 0 Å². The molecule has 0 bridgehead atoms. The van der Waals surface area contributed by atoms with Gasteiger partial charge in [0.1, 0.15) is 0 Å². The summed E-state index contributed by atoms with van der Waals surface area (Å²) < 4.78 is 0. The summed E-state index contributed by atoms with van der Waals surface area (Å²) in [4.78, 5) is 51.0. The molecule has 4 rings (SSSR count). The van der Waals surface area contributed by atoms with Gasteiger partial charge in [0.25, 0.3) is 0 Å². The van der Waals surface area contributed by atoms with E-state index in [1.54, 1.807) is 17.0 Å². The van der Waals surface area contributed by atoms with E-state index < -0.39 is 11.3 Å². The maximum atomic E-state index is 12.8. The van der Waals surface area contributed by atoms with Crippen molar-refractivity contribution >= 4 is 35.0 Å². The maximum absolute atomic E-state index is 12.8. The molecular weight excluding hydrogens is 406 g/mol. The molecule has 2 heterocycles. The van der Waals surface area contributed by atoms with Crippen molar-refractivity contribution < 1.29 is 19.2 Å². The SMILES string of the molecule is CCC1(c2ccc(NC(=O)C3CC(=O)N(c4ccc(C)cc4)C3)cc2)CCC(=O)NC1=O. The second kappa shape index (κ2) is 8.57. The van der Waals surface area contributed by atoms with Gasteiger partial charge in [-0.25, -0.2) is 0 Å². The van der Waals surface area contributed by atoms with E-state index in [0.717, 1.165) is 16.8 Å². The zero-order valence-corrected chi connectivity index (χ0v) is 18.3. The van der Waals surface area contributed by atoms with E-state index >= 15 is 0 Å². The third kappa shape index (κ3) is 4.02. The minimum absolute atomic E-state index is 0.0629. The number of rotatable bonds is 5. The van der Waals surface area contributed by atoms with Crippen molar-refractivity contribution in [3.63, 3.8) is 0 Å². The van der Waals surface area contributed by atoms with Crippen LogP contribution in [0.5, 0.6) is 0 Å². The monoisotopic (exact) mass is 433 g/mol. The lowest BCUT2D eigenvalue weighted by Crippen LogP contribution is -2.51. The smallest absolute Gasteiger partial charge is 0.237 e. The molecule has 166 valence electrons. The number of hydrogen-bond donors (Lipinski definition) is 2. The van der Waals surface area contributed by atoms with E-state index in [0.29, 0.717) is 31.5 Å². The Morgan fingerprint density at radius 3 is 2.41 bits per heavy atom. The third-order valence-electron chi connectivity index (χ3n) is 6.62. The van der Waals surface area contributed by atoms with Crippen LogP contribution in [0.15, 0.2) is 48.5 Å². The lowest BCUT2D eigenvalue weighted by molar-refractivity contribution is -0.138. The summed E-state index contributed by atoms with van der Waals surface area (Å²) in [6, 6.07) is 14.9. The largest absolute Gasteiger partial charge is 0.326 e. The summed E-state index contributed by atoms with van der Waals surface area (Å²) in [7, 11) is 0. The Bertz CT molecular complexity index is 1060. The van der Waals surface area contributed by atoms with Crippen LogP contribution in [0.3, 0.4) is 0 Å². The van der Waals surface area contributed by atoms with E-state index in [9.17, 15) is 19.2 Å². The minimum atomic E-state index is -0.733. The van der Waals surface area contributed by atoms with E-state index in [-0.39, 0.29) is 30.0 Å². The van der Waals surface area contributed by atoms with Crippen molar-refractivity contribution in [2.24, 2.45) is 5.92 Å². The highest BCUT2D eigenvalue weighted by molar-refractivity contribution is 6.04. The molecule has 0 saturated carbocycles. The summed E-state index contributed by atoms with van der Waals surface area (Å²) in [5, 5.41) is 5.34. The Hall–Kier alpha value is -3.48. The zero-order chi connectivity index (χ0) is 22.9. The number of carbonyl (C=O) groups is 4. The number of nitrogens with zero attached hydrogens (tertiary/aromatic N) is 1. The van der Waals surface area contributed by atoms with Crippen molar-refractivity contribution in [2.75, 3.05) is 16.8 Å². The van der Waals surface area contributed by atoms with Gasteiger partial charge in [0.15, 0.2) is 0 Å². The van der Waals surface area contributed by atoms with E-state index in [2.05, 4.69) is 10.6 Å². The van der Waals surface area contributed by atoms with Crippen LogP contribution in [-0.2, 0) is 24.6 Å². The van der Waals surface area contributed by atoms with Crippen molar-refractivity contribution in [3.05, 3.63) is 59.7 Å². The van der Waals surface area contributed by atoms with Crippen LogP contribution < -0.4 is 15.5 Å². The van der Waals surface area contributed by atoms with Crippen molar-refractivity contribution in [3.8, 4) is 0 Å². The number of amides is 4. The molecule has 0 aliphatic carbocycles. The fourth-order valence-corrected chi connectivity index (χ4v) is 4.54. The fourth-order valence-electron chi connectivity index (χ4n) is 4.54. The highest BCUT2D eigenvalue weighted by Crippen LogP contribution is 2.36. The average Bonchev–Trinajstić information content (AvgIpc) is 3.17. The Morgan fingerprint density at radius 2 is 1.78 bits per heavy atom.